The highest BCUT2D eigenvalue weighted by atomic mass is 16.1. The molecule has 1 aromatic heterocycles. The molecule has 100 valence electrons. The molecule has 2 N–H and O–H groups in total. The van der Waals surface area contributed by atoms with Gasteiger partial charge in [-0.2, -0.15) is 5.10 Å². The van der Waals surface area contributed by atoms with Crippen molar-refractivity contribution >= 4 is 17.3 Å². The minimum atomic E-state index is -0.00177. The van der Waals surface area contributed by atoms with E-state index in [9.17, 15) is 4.79 Å². The maximum atomic E-state index is 11.7. The lowest BCUT2D eigenvalue weighted by Gasteiger charge is -2.12. The van der Waals surface area contributed by atoms with Crippen LogP contribution < -0.4 is 10.2 Å². The van der Waals surface area contributed by atoms with Crippen LogP contribution in [0.5, 0.6) is 0 Å². The van der Waals surface area contributed by atoms with Crippen molar-refractivity contribution in [1.29, 1.82) is 0 Å². The number of carbonyl (C=O) groups excluding carboxylic acids is 1. The van der Waals surface area contributed by atoms with E-state index in [2.05, 4.69) is 44.7 Å². The highest BCUT2D eigenvalue weighted by Crippen LogP contribution is 2.13. The van der Waals surface area contributed by atoms with Crippen molar-refractivity contribution in [1.82, 2.24) is 10.2 Å². The number of anilines is 2. The van der Waals surface area contributed by atoms with Crippen LogP contribution in [-0.4, -0.2) is 30.2 Å². The number of hydrogen-bond acceptors (Lipinski definition) is 3. The summed E-state index contributed by atoms with van der Waals surface area (Å²) in [7, 11) is 4.01. The fraction of sp³-hybridized carbons (Fsp3) is 0.286. The van der Waals surface area contributed by atoms with Crippen molar-refractivity contribution in [3.05, 3.63) is 42.2 Å². The number of amides is 1. The number of aromatic amines is 1. The Kier molecular flexibility index (Phi) is 4.18. The van der Waals surface area contributed by atoms with Crippen LogP contribution in [-0.2, 0) is 11.2 Å². The van der Waals surface area contributed by atoms with E-state index in [1.807, 2.05) is 14.1 Å². The molecule has 0 aliphatic carbocycles. The van der Waals surface area contributed by atoms with Crippen molar-refractivity contribution in [2.24, 2.45) is 0 Å². The van der Waals surface area contributed by atoms with E-state index < -0.39 is 0 Å². The second-order valence-corrected chi connectivity index (χ2v) is 4.60. The summed E-state index contributed by atoms with van der Waals surface area (Å²) in [5.74, 6) is -0.00177. The van der Waals surface area contributed by atoms with Crippen molar-refractivity contribution in [2.45, 2.75) is 12.8 Å². The van der Waals surface area contributed by atoms with E-state index >= 15 is 0 Å². The third-order valence-electron chi connectivity index (χ3n) is 2.88. The molecular formula is C14H18N4O. The SMILES string of the molecule is CN(C)c1ccc(CCC(=O)Nc2cn[nH]c2)cc1. The van der Waals surface area contributed by atoms with Gasteiger partial charge in [0.1, 0.15) is 0 Å². The molecule has 0 spiro atoms. The van der Waals surface area contributed by atoms with E-state index in [4.69, 9.17) is 0 Å². The summed E-state index contributed by atoms with van der Waals surface area (Å²) >= 11 is 0. The van der Waals surface area contributed by atoms with E-state index in [1.54, 1.807) is 12.4 Å². The van der Waals surface area contributed by atoms with Crippen LogP contribution in [0.1, 0.15) is 12.0 Å². The Morgan fingerprint density at radius 1 is 1.32 bits per heavy atom. The van der Waals surface area contributed by atoms with Gasteiger partial charge in [-0.3, -0.25) is 9.89 Å². The van der Waals surface area contributed by atoms with Crippen molar-refractivity contribution in [3.8, 4) is 0 Å². The number of carbonyl (C=O) groups is 1. The molecule has 0 saturated carbocycles. The number of nitrogens with one attached hydrogen (secondary N) is 2. The number of nitrogens with zero attached hydrogens (tertiary/aromatic N) is 2. The zero-order valence-corrected chi connectivity index (χ0v) is 11.2. The Balaban J connectivity index is 1.83. The molecule has 5 heteroatoms. The smallest absolute Gasteiger partial charge is 0.224 e. The van der Waals surface area contributed by atoms with E-state index in [0.29, 0.717) is 12.1 Å². The first-order valence-electron chi connectivity index (χ1n) is 6.20. The van der Waals surface area contributed by atoms with Crippen LogP contribution in [0.25, 0.3) is 0 Å². The van der Waals surface area contributed by atoms with Gasteiger partial charge in [0.25, 0.3) is 0 Å². The van der Waals surface area contributed by atoms with Crippen molar-refractivity contribution in [3.63, 3.8) is 0 Å². The number of benzene rings is 1. The van der Waals surface area contributed by atoms with Gasteiger partial charge in [-0.15, -0.1) is 0 Å². The molecule has 2 rings (SSSR count). The number of rotatable bonds is 5. The van der Waals surface area contributed by atoms with Crippen LogP contribution in [0.15, 0.2) is 36.7 Å². The molecule has 19 heavy (non-hydrogen) atoms. The molecule has 0 fully saturated rings. The Morgan fingerprint density at radius 2 is 2.05 bits per heavy atom. The second kappa shape index (κ2) is 6.04. The maximum Gasteiger partial charge on any atom is 0.224 e. The summed E-state index contributed by atoms with van der Waals surface area (Å²) in [5.41, 5.74) is 3.02. The summed E-state index contributed by atoms with van der Waals surface area (Å²) in [6.07, 6.45) is 4.44. The maximum absolute atomic E-state index is 11.7. The molecule has 0 atom stereocenters. The summed E-state index contributed by atoms with van der Waals surface area (Å²) in [6, 6.07) is 8.23. The molecule has 0 radical (unpaired) electrons. The third kappa shape index (κ3) is 3.84. The minimum Gasteiger partial charge on any atom is -0.378 e. The second-order valence-electron chi connectivity index (χ2n) is 4.60. The third-order valence-corrected chi connectivity index (χ3v) is 2.88. The molecule has 0 aliphatic heterocycles. The molecule has 0 unspecified atom stereocenters. The quantitative estimate of drug-likeness (QED) is 0.862. The van der Waals surface area contributed by atoms with Gasteiger partial charge in [-0.05, 0) is 24.1 Å². The monoisotopic (exact) mass is 258 g/mol. The van der Waals surface area contributed by atoms with Crippen LogP contribution >= 0.6 is 0 Å². The fourth-order valence-electron chi connectivity index (χ4n) is 1.76. The number of aryl methyl sites for hydroxylation is 1. The first-order chi connectivity index (χ1) is 9.15. The zero-order valence-electron chi connectivity index (χ0n) is 11.2. The van der Waals surface area contributed by atoms with Gasteiger partial charge in [-0.1, -0.05) is 12.1 Å². The summed E-state index contributed by atoms with van der Waals surface area (Å²) < 4.78 is 0. The first-order valence-corrected chi connectivity index (χ1v) is 6.20. The topological polar surface area (TPSA) is 61.0 Å². The summed E-state index contributed by atoms with van der Waals surface area (Å²) in [6.45, 7) is 0. The highest BCUT2D eigenvalue weighted by Gasteiger charge is 2.04. The van der Waals surface area contributed by atoms with Gasteiger partial charge < -0.3 is 10.2 Å². The predicted octanol–water partition coefficient (Wildman–Crippen LogP) is 2.05. The average molecular weight is 258 g/mol. The largest absolute Gasteiger partial charge is 0.378 e. The Hall–Kier alpha value is -2.30. The number of hydrogen-bond donors (Lipinski definition) is 2. The highest BCUT2D eigenvalue weighted by molar-refractivity contribution is 5.90. The lowest BCUT2D eigenvalue weighted by molar-refractivity contribution is -0.116. The molecule has 1 aromatic carbocycles. The molecule has 0 bridgehead atoms. The normalized spacial score (nSPS) is 10.2. The molecule has 5 nitrogen and oxygen atoms in total. The predicted molar refractivity (Wildman–Crippen MR) is 76.3 cm³/mol. The van der Waals surface area contributed by atoms with Crippen LogP contribution in [0.4, 0.5) is 11.4 Å². The first kappa shape index (κ1) is 13.1. The number of H-pyrrole nitrogens is 1. The van der Waals surface area contributed by atoms with Gasteiger partial charge in [-0.25, -0.2) is 0 Å². The van der Waals surface area contributed by atoms with Gasteiger partial charge in [0, 0.05) is 32.4 Å². The lowest BCUT2D eigenvalue weighted by atomic mass is 10.1. The Labute approximate surface area is 112 Å². The van der Waals surface area contributed by atoms with Crippen molar-refractivity contribution in [2.75, 3.05) is 24.3 Å². The molecule has 2 aromatic rings. The lowest BCUT2D eigenvalue weighted by Crippen LogP contribution is -2.12. The van der Waals surface area contributed by atoms with Gasteiger partial charge in [0.15, 0.2) is 0 Å². The Morgan fingerprint density at radius 3 is 2.63 bits per heavy atom. The van der Waals surface area contributed by atoms with E-state index in [1.165, 1.54) is 0 Å². The average Bonchev–Trinajstić information content (AvgIpc) is 2.89. The Bertz CT molecular complexity index is 517. The summed E-state index contributed by atoms with van der Waals surface area (Å²) in [4.78, 5) is 13.7. The molecule has 1 heterocycles. The molecule has 1 amide bonds. The number of aromatic nitrogens is 2. The molecular weight excluding hydrogens is 240 g/mol. The van der Waals surface area contributed by atoms with Gasteiger partial charge >= 0.3 is 0 Å². The molecule has 0 saturated heterocycles. The minimum absolute atomic E-state index is 0.00177. The zero-order chi connectivity index (χ0) is 13.7. The van der Waals surface area contributed by atoms with Crippen LogP contribution in [0, 0.1) is 0 Å². The van der Waals surface area contributed by atoms with Crippen LogP contribution in [0.2, 0.25) is 0 Å². The van der Waals surface area contributed by atoms with Gasteiger partial charge in [0.05, 0.1) is 11.9 Å². The van der Waals surface area contributed by atoms with Crippen LogP contribution in [0.3, 0.4) is 0 Å². The van der Waals surface area contributed by atoms with E-state index in [0.717, 1.165) is 17.7 Å². The standard InChI is InChI=1S/C14H18N4O/c1-18(2)13-6-3-11(4-7-13)5-8-14(19)17-12-9-15-16-10-12/h3-4,6-7,9-10H,5,8H2,1-2H3,(H,15,16)(H,17,19). The van der Waals surface area contributed by atoms with Gasteiger partial charge in [0.2, 0.25) is 5.91 Å². The van der Waals surface area contributed by atoms with Crippen molar-refractivity contribution < 1.29 is 4.79 Å². The summed E-state index contributed by atoms with van der Waals surface area (Å²) in [5, 5.41) is 9.21. The molecule has 0 aliphatic rings. The van der Waals surface area contributed by atoms with E-state index in [-0.39, 0.29) is 5.91 Å². The fourth-order valence-corrected chi connectivity index (χ4v) is 1.76.